The van der Waals surface area contributed by atoms with Crippen LogP contribution in [0.2, 0.25) is 6.04 Å². The molecule has 0 N–H and O–H groups in total. The molecular formula is C23H38Cl2OSi. The first-order valence-electron chi connectivity index (χ1n) is 11.2. The van der Waals surface area contributed by atoms with Gasteiger partial charge in [-0.3, -0.25) is 0 Å². The largest absolute Gasteiger partial charge is 0.494 e. The van der Waals surface area contributed by atoms with Crippen LogP contribution in [0.5, 0.6) is 5.75 Å². The SMILES string of the molecule is CCCCCCCCC1CCC(c2ccc(OCCC[SiH](Cl)Cl)cc2)CC1. The van der Waals surface area contributed by atoms with E-state index in [-0.39, 0.29) is 0 Å². The lowest BCUT2D eigenvalue weighted by Crippen LogP contribution is -2.13. The monoisotopic (exact) mass is 428 g/mol. The van der Waals surface area contributed by atoms with E-state index in [1.165, 1.54) is 76.2 Å². The summed E-state index contributed by atoms with van der Waals surface area (Å²) in [5.41, 5.74) is 1.49. The van der Waals surface area contributed by atoms with Gasteiger partial charge in [0.25, 0.3) is 0 Å². The third-order valence-corrected chi connectivity index (χ3v) is 8.15. The smallest absolute Gasteiger partial charge is 0.237 e. The minimum Gasteiger partial charge on any atom is -0.494 e. The maximum atomic E-state index is 5.88. The van der Waals surface area contributed by atoms with Gasteiger partial charge in [-0.1, -0.05) is 64.0 Å². The zero-order chi connectivity index (χ0) is 19.3. The Balaban J connectivity index is 1.61. The molecule has 1 fully saturated rings. The van der Waals surface area contributed by atoms with Crippen LogP contribution in [0.25, 0.3) is 0 Å². The Labute approximate surface area is 178 Å². The van der Waals surface area contributed by atoms with Gasteiger partial charge in [0, 0.05) is 0 Å². The molecule has 0 heterocycles. The fourth-order valence-electron chi connectivity index (χ4n) is 4.26. The Morgan fingerprint density at radius 2 is 1.56 bits per heavy atom. The molecule has 1 aliphatic carbocycles. The highest BCUT2D eigenvalue weighted by atomic mass is 35.7. The Kier molecular flexibility index (Phi) is 11.9. The lowest BCUT2D eigenvalue weighted by atomic mass is 9.77. The molecule has 0 amide bonds. The van der Waals surface area contributed by atoms with Gasteiger partial charge in [0.15, 0.2) is 0 Å². The van der Waals surface area contributed by atoms with Gasteiger partial charge in [0.05, 0.1) is 6.61 Å². The van der Waals surface area contributed by atoms with E-state index in [1.54, 1.807) is 0 Å². The highest BCUT2D eigenvalue weighted by molar-refractivity contribution is 7.33. The second-order valence-electron chi connectivity index (χ2n) is 8.22. The van der Waals surface area contributed by atoms with Gasteiger partial charge in [-0.25, -0.2) is 0 Å². The minimum absolute atomic E-state index is 0.714. The van der Waals surface area contributed by atoms with Crippen LogP contribution >= 0.6 is 22.2 Å². The fourth-order valence-corrected chi connectivity index (χ4v) is 5.66. The molecular weight excluding hydrogens is 391 g/mol. The lowest BCUT2D eigenvalue weighted by Gasteiger charge is -2.29. The van der Waals surface area contributed by atoms with Crippen LogP contribution in [0.1, 0.15) is 95.5 Å². The zero-order valence-electron chi connectivity index (χ0n) is 17.1. The topological polar surface area (TPSA) is 9.23 Å². The summed E-state index contributed by atoms with van der Waals surface area (Å²) in [6, 6.07) is 9.73. The molecule has 0 saturated heterocycles. The van der Waals surface area contributed by atoms with Crippen molar-refractivity contribution in [3.8, 4) is 5.75 Å². The normalized spacial score (nSPS) is 20.1. The molecule has 1 aromatic carbocycles. The van der Waals surface area contributed by atoms with Gasteiger partial charge in [0.2, 0.25) is 7.42 Å². The quantitative estimate of drug-likeness (QED) is 0.174. The molecule has 0 aromatic heterocycles. The predicted molar refractivity (Wildman–Crippen MR) is 123 cm³/mol. The first kappa shape index (κ1) is 23.1. The van der Waals surface area contributed by atoms with Crippen LogP contribution in [0, 0.1) is 5.92 Å². The van der Waals surface area contributed by atoms with E-state index < -0.39 is 7.42 Å². The van der Waals surface area contributed by atoms with Crippen molar-refractivity contribution in [3.05, 3.63) is 29.8 Å². The Bertz CT molecular complexity index is 484. The zero-order valence-corrected chi connectivity index (χ0v) is 19.8. The number of hydrogen-bond acceptors (Lipinski definition) is 1. The summed E-state index contributed by atoms with van der Waals surface area (Å²) in [4.78, 5) is 0. The summed E-state index contributed by atoms with van der Waals surface area (Å²) in [7, 11) is -1.48. The first-order chi connectivity index (χ1) is 13.2. The fraction of sp³-hybridized carbons (Fsp3) is 0.739. The average Bonchev–Trinajstić information content (AvgIpc) is 2.69. The van der Waals surface area contributed by atoms with Gasteiger partial charge in [0.1, 0.15) is 5.75 Å². The predicted octanol–water partition coefficient (Wildman–Crippen LogP) is 8.18. The van der Waals surface area contributed by atoms with Gasteiger partial charge in [-0.05, 0) is 67.7 Å². The number of halogens is 2. The lowest BCUT2D eigenvalue weighted by molar-refractivity contribution is 0.301. The summed E-state index contributed by atoms with van der Waals surface area (Å²) >= 11 is 11.8. The maximum absolute atomic E-state index is 5.88. The van der Waals surface area contributed by atoms with Crippen LogP contribution in [0.15, 0.2) is 24.3 Å². The number of ether oxygens (including phenoxy) is 1. The van der Waals surface area contributed by atoms with Crippen LogP contribution < -0.4 is 4.74 Å². The molecule has 0 bridgehead atoms. The molecule has 0 radical (unpaired) electrons. The van der Waals surface area contributed by atoms with Crippen molar-refractivity contribution in [1.29, 1.82) is 0 Å². The Morgan fingerprint density at radius 3 is 2.22 bits per heavy atom. The highest BCUT2D eigenvalue weighted by Gasteiger charge is 2.22. The molecule has 2 rings (SSSR count). The molecule has 4 heteroatoms. The third-order valence-electron chi connectivity index (χ3n) is 6.00. The van der Waals surface area contributed by atoms with E-state index in [1.807, 2.05) is 0 Å². The average molecular weight is 430 g/mol. The molecule has 0 aliphatic heterocycles. The summed E-state index contributed by atoms with van der Waals surface area (Å²) in [5.74, 6) is 2.70. The molecule has 0 unspecified atom stereocenters. The van der Waals surface area contributed by atoms with Crippen LogP contribution in [0.4, 0.5) is 0 Å². The molecule has 1 aromatic rings. The van der Waals surface area contributed by atoms with E-state index in [4.69, 9.17) is 26.9 Å². The summed E-state index contributed by atoms with van der Waals surface area (Å²) < 4.78 is 5.80. The maximum Gasteiger partial charge on any atom is 0.237 e. The molecule has 1 aliphatic rings. The number of rotatable bonds is 13. The minimum atomic E-state index is -1.48. The Morgan fingerprint density at radius 1 is 0.889 bits per heavy atom. The van der Waals surface area contributed by atoms with Gasteiger partial charge >= 0.3 is 0 Å². The molecule has 0 atom stereocenters. The molecule has 154 valence electrons. The van der Waals surface area contributed by atoms with Crippen molar-refractivity contribution in [1.82, 2.24) is 0 Å². The molecule has 1 nitrogen and oxygen atoms in total. The van der Waals surface area contributed by atoms with Crippen LogP contribution in [0.3, 0.4) is 0 Å². The van der Waals surface area contributed by atoms with Crippen molar-refractivity contribution in [2.24, 2.45) is 5.92 Å². The van der Waals surface area contributed by atoms with Gasteiger partial charge in [-0.2, -0.15) is 22.2 Å². The van der Waals surface area contributed by atoms with E-state index in [0.29, 0.717) is 6.61 Å². The molecule has 27 heavy (non-hydrogen) atoms. The van der Waals surface area contributed by atoms with Crippen molar-refractivity contribution in [3.63, 3.8) is 0 Å². The van der Waals surface area contributed by atoms with E-state index in [0.717, 1.165) is 30.1 Å². The first-order valence-corrected chi connectivity index (χ1v) is 15.5. The second kappa shape index (κ2) is 13.9. The molecule has 1 saturated carbocycles. The van der Waals surface area contributed by atoms with Crippen molar-refractivity contribution in [2.75, 3.05) is 6.61 Å². The summed E-state index contributed by atoms with van der Waals surface area (Å²) in [6.45, 7) is 3.01. The van der Waals surface area contributed by atoms with Crippen LogP contribution in [-0.2, 0) is 0 Å². The van der Waals surface area contributed by atoms with Gasteiger partial charge < -0.3 is 4.74 Å². The number of benzene rings is 1. The van der Waals surface area contributed by atoms with E-state index >= 15 is 0 Å². The Hall–Kier alpha value is -0.183. The standard InChI is InChI=1S/C23H38Cl2OSi/c1-2-3-4-5-6-7-9-20-10-12-21(13-11-20)22-14-16-23(17-15-22)26-18-8-19-27(24)25/h14-17,20-21,27H,2-13,18-19H2,1H3. The van der Waals surface area contributed by atoms with E-state index in [9.17, 15) is 0 Å². The van der Waals surface area contributed by atoms with Gasteiger partial charge in [-0.15, -0.1) is 0 Å². The molecule has 0 spiro atoms. The van der Waals surface area contributed by atoms with E-state index in [2.05, 4.69) is 31.2 Å². The second-order valence-corrected chi connectivity index (χ2v) is 13.4. The summed E-state index contributed by atoms with van der Waals surface area (Å²) in [5, 5.41) is 0. The van der Waals surface area contributed by atoms with Crippen molar-refractivity contribution in [2.45, 2.75) is 95.9 Å². The third kappa shape index (κ3) is 9.72. The number of unbranched alkanes of at least 4 members (excludes halogenated alkanes) is 5. The highest BCUT2D eigenvalue weighted by Crippen LogP contribution is 2.38. The summed E-state index contributed by atoms with van der Waals surface area (Å²) in [6.07, 6.45) is 16.5. The van der Waals surface area contributed by atoms with Crippen LogP contribution in [-0.4, -0.2) is 14.0 Å². The number of hydrogen-bond donors (Lipinski definition) is 0. The van der Waals surface area contributed by atoms with Crippen molar-refractivity contribution < 1.29 is 4.74 Å². The van der Waals surface area contributed by atoms with Crippen molar-refractivity contribution >= 4 is 29.6 Å².